The first kappa shape index (κ1) is 36.3. The van der Waals surface area contributed by atoms with Crippen molar-refractivity contribution in [2.75, 3.05) is 0 Å². The summed E-state index contributed by atoms with van der Waals surface area (Å²) in [7, 11) is -2.98. The zero-order chi connectivity index (χ0) is 40.3. The minimum Gasteiger partial charge on any atom is -0.486 e. The van der Waals surface area contributed by atoms with Gasteiger partial charge in [-0.15, -0.1) is 0 Å². The number of rotatable bonds is 6. The van der Waals surface area contributed by atoms with Gasteiger partial charge in [0.05, 0.1) is 0 Å². The lowest BCUT2D eigenvalue weighted by atomic mass is 10.00. The fraction of sp³-hybridized carbons (Fsp3) is 0.0500. The summed E-state index contributed by atoms with van der Waals surface area (Å²) in [5.74, 6) is -28.0. The Morgan fingerprint density at radius 3 is 1.37 bits per heavy atom. The highest BCUT2D eigenvalue weighted by molar-refractivity contribution is 6.40. The van der Waals surface area contributed by atoms with E-state index in [2.05, 4.69) is 0 Å². The molecule has 0 unspecified atom stereocenters. The van der Waals surface area contributed by atoms with Crippen LogP contribution in [0.15, 0.2) is 60.7 Å². The third-order valence-corrected chi connectivity index (χ3v) is 9.95. The summed E-state index contributed by atoms with van der Waals surface area (Å²) in [6.07, 6.45) is -1.11. The number of hydrogen-bond acceptors (Lipinski definition) is 3. The fourth-order valence-corrected chi connectivity index (χ4v) is 7.43. The molecule has 57 heavy (non-hydrogen) atoms. The molecule has 9 rings (SSSR count). The van der Waals surface area contributed by atoms with Crippen LogP contribution >= 0.6 is 0 Å². The zero-order valence-corrected chi connectivity index (χ0v) is 27.9. The Hall–Kier alpha value is -6.39. The van der Waals surface area contributed by atoms with Crippen molar-refractivity contribution in [3.05, 3.63) is 159 Å². The summed E-state index contributed by atoms with van der Waals surface area (Å²) >= 11 is 0. The Morgan fingerprint density at radius 2 is 0.842 bits per heavy atom. The quantitative estimate of drug-likeness (QED) is 0.0726. The number of halogens is 13. The molecule has 0 fully saturated rings. The van der Waals surface area contributed by atoms with Crippen molar-refractivity contribution in [3.8, 4) is 39.5 Å². The van der Waals surface area contributed by atoms with Crippen LogP contribution < -0.4 is 14.0 Å². The van der Waals surface area contributed by atoms with Gasteiger partial charge < -0.3 is 14.0 Å². The Balaban J connectivity index is 1.27. The Morgan fingerprint density at radius 1 is 0.368 bits per heavy atom. The van der Waals surface area contributed by atoms with E-state index in [1.165, 1.54) is 24.3 Å². The monoisotopic (exact) mass is 800 g/mol. The van der Waals surface area contributed by atoms with Crippen LogP contribution in [0.1, 0.15) is 22.3 Å². The average Bonchev–Trinajstić information content (AvgIpc) is 3.79. The van der Waals surface area contributed by atoms with Crippen LogP contribution in [0.25, 0.3) is 43.8 Å². The predicted molar refractivity (Wildman–Crippen MR) is 178 cm³/mol. The largest absolute Gasteiger partial charge is 0.864 e. The molecule has 0 N–H and O–H groups in total. The molecule has 0 bridgehead atoms. The van der Waals surface area contributed by atoms with Crippen molar-refractivity contribution in [1.29, 1.82) is 0 Å². The average molecular weight is 800 g/mol. The van der Waals surface area contributed by atoms with E-state index in [-0.39, 0.29) is 16.5 Å². The van der Waals surface area contributed by atoms with Crippen LogP contribution in [-0.4, -0.2) is 7.32 Å². The summed E-state index contributed by atoms with van der Waals surface area (Å²) in [6.45, 7) is 0. The van der Waals surface area contributed by atoms with E-state index < -0.39 is 163 Å². The van der Waals surface area contributed by atoms with E-state index in [1.54, 1.807) is 0 Å². The van der Waals surface area contributed by atoms with Gasteiger partial charge in [0, 0.05) is 62.4 Å². The molecule has 0 aliphatic heterocycles. The number of hydrogen-bond donors (Lipinski definition) is 0. The van der Waals surface area contributed by atoms with Crippen LogP contribution in [0.5, 0.6) is 17.2 Å². The first-order valence-corrected chi connectivity index (χ1v) is 16.5. The molecule has 0 aromatic heterocycles. The molecule has 2 aliphatic rings. The van der Waals surface area contributed by atoms with Gasteiger partial charge in [0.15, 0.2) is 52.3 Å². The van der Waals surface area contributed by atoms with Crippen LogP contribution in [0.4, 0.5) is 57.1 Å². The molecule has 0 atom stereocenters. The van der Waals surface area contributed by atoms with Gasteiger partial charge in [-0.2, -0.15) is 13.2 Å². The Bertz CT molecular complexity index is 2830. The molecule has 7 aromatic carbocycles. The van der Waals surface area contributed by atoms with Gasteiger partial charge in [0.1, 0.15) is 23.1 Å². The summed E-state index contributed by atoms with van der Waals surface area (Å²) in [4.78, 5) is 0. The number of fused-ring (bicyclic) bond motifs is 8. The van der Waals surface area contributed by atoms with E-state index in [9.17, 15) is 17.6 Å². The predicted octanol–water partition coefficient (Wildman–Crippen LogP) is 11.5. The first-order valence-electron chi connectivity index (χ1n) is 16.5. The highest BCUT2D eigenvalue weighted by atomic mass is 19.2. The summed E-state index contributed by atoms with van der Waals surface area (Å²) in [6, 6.07) is 9.74. The molecule has 7 aromatic rings. The maximum absolute atomic E-state index is 15.8. The maximum atomic E-state index is 15.8. The Labute approximate surface area is 310 Å². The second-order valence-electron chi connectivity index (χ2n) is 13.0. The van der Waals surface area contributed by atoms with Gasteiger partial charge in [0.2, 0.25) is 17.5 Å². The minimum atomic E-state index is -2.98. The fourth-order valence-electron chi connectivity index (χ4n) is 7.43. The molecular weight excluding hydrogens is 786 g/mol. The summed E-state index contributed by atoms with van der Waals surface area (Å²) in [5.41, 5.74) is -3.92. The third-order valence-electron chi connectivity index (χ3n) is 9.95. The third kappa shape index (κ3) is 5.23. The van der Waals surface area contributed by atoms with E-state index in [1.807, 2.05) is 0 Å². The van der Waals surface area contributed by atoms with Crippen molar-refractivity contribution in [2.24, 2.45) is 0 Å². The molecular formula is C40H14BF13O3. The molecule has 0 spiro atoms. The first-order chi connectivity index (χ1) is 27.2. The van der Waals surface area contributed by atoms with E-state index in [0.29, 0.717) is 12.1 Å². The molecule has 2 aliphatic carbocycles. The molecule has 286 valence electrons. The lowest BCUT2D eigenvalue weighted by Crippen LogP contribution is -2.39. The molecule has 0 saturated carbocycles. The van der Waals surface area contributed by atoms with Crippen LogP contribution in [0.2, 0.25) is 0 Å². The van der Waals surface area contributed by atoms with Gasteiger partial charge in [-0.25, -0.2) is 43.9 Å². The van der Waals surface area contributed by atoms with E-state index in [4.69, 9.17) is 14.0 Å². The summed E-state index contributed by atoms with van der Waals surface area (Å²) in [5, 5.41) is -2.57. The molecule has 3 nitrogen and oxygen atoms in total. The highest BCUT2D eigenvalue weighted by Crippen LogP contribution is 2.49. The molecule has 0 saturated heterocycles. The smallest absolute Gasteiger partial charge is 0.486 e. The molecule has 0 heterocycles. The lowest BCUT2D eigenvalue weighted by Gasteiger charge is -2.22. The van der Waals surface area contributed by atoms with E-state index >= 15 is 39.5 Å². The van der Waals surface area contributed by atoms with Crippen LogP contribution in [0.3, 0.4) is 0 Å². The van der Waals surface area contributed by atoms with Crippen LogP contribution in [-0.2, 0) is 12.8 Å². The normalized spacial score (nSPS) is 12.5. The molecule has 0 radical (unpaired) electrons. The lowest BCUT2D eigenvalue weighted by molar-refractivity contribution is 0.278. The summed E-state index contributed by atoms with van der Waals surface area (Å²) < 4.78 is 214. The SMILES string of the molecule is Fc1cccc2c1-c1c(F)c(F)c(F)c(OB(Oc3c(F)c(F)c(F)c4c3Cc3cccc(F)c3-4)Oc3c(F)c(F)c(F)c4cc5c(F)c(F)ccc5cc34)c1C2. The van der Waals surface area contributed by atoms with Gasteiger partial charge in [-0.05, 0) is 46.8 Å². The van der Waals surface area contributed by atoms with Gasteiger partial charge in [-0.3, -0.25) is 0 Å². The van der Waals surface area contributed by atoms with Crippen molar-refractivity contribution >= 4 is 28.9 Å². The zero-order valence-electron chi connectivity index (χ0n) is 27.9. The standard InChI is InChI=1S/C40H14BF13O3/c42-21-5-1-3-14-10-19-26(24(14)21)30(47)33(50)36(53)39(19)56-41(57-40-20-11-15-4-2-6-22(43)25(15)27(20)31(48)34(51)37(40)54)55-38-18-9-13-7-8-23(44)28(45)16(13)12-17(18)29(46)32(49)35(38)52/h1-9,12H,10-11H2. The van der Waals surface area contributed by atoms with Crippen molar-refractivity contribution in [1.82, 2.24) is 0 Å². The van der Waals surface area contributed by atoms with Crippen molar-refractivity contribution < 1.29 is 71.0 Å². The topological polar surface area (TPSA) is 27.7 Å². The van der Waals surface area contributed by atoms with Gasteiger partial charge in [-0.1, -0.05) is 30.3 Å². The molecule has 17 heteroatoms. The second-order valence-corrected chi connectivity index (χ2v) is 13.0. The van der Waals surface area contributed by atoms with Gasteiger partial charge in [0.25, 0.3) is 0 Å². The highest BCUT2D eigenvalue weighted by Gasteiger charge is 2.43. The number of benzene rings is 7. The Kier molecular flexibility index (Phi) is 8.16. The second kappa shape index (κ2) is 12.8. The molecule has 0 amide bonds. The van der Waals surface area contributed by atoms with Crippen molar-refractivity contribution in [2.45, 2.75) is 12.8 Å². The van der Waals surface area contributed by atoms with Gasteiger partial charge >= 0.3 is 7.32 Å². The van der Waals surface area contributed by atoms with Crippen LogP contribution in [0, 0.1) is 75.6 Å². The van der Waals surface area contributed by atoms with Crippen molar-refractivity contribution in [3.63, 3.8) is 0 Å². The maximum Gasteiger partial charge on any atom is 0.864 e. The minimum absolute atomic E-state index is 0.00501. The van der Waals surface area contributed by atoms with E-state index in [0.717, 1.165) is 24.3 Å².